The van der Waals surface area contributed by atoms with Gasteiger partial charge in [-0.15, -0.1) is 0 Å². The van der Waals surface area contributed by atoms with Crippen molar-refractivity contribution in [3.63, 3.8) is 0 Å². The number of hydrogen-bond donors (Lipinski definition) is 0. The van der Waals surface area contributed by atoms with Gasteiger partial charge in [0.2, 0.25) is 11.7 Å². The molecule has 0 radical (unpaired) electrons. The predicted molar refractivity (Wildman–Crippen MR) is 109 cm³/mol. The lowest BCUT2D eigenvalue weighted by atomic mass is 9.96. The summed E-state index contributed by atoms with van der Waals surface area (Å²) >= 11 is 7.60. The first-order valence-electron chi connectivity index (χ1n) is 8.97. The van der Waals surface area contributed by atoms with Gasteiger partial charge in [0.05, 0.1) is 4.90 Å². The highest BCUT2D eigenvalue weighted by atomic mass is 35.5. The molecule has 2 aromatic heterocycles. The van der Waals surface area contributed by atoms with Crippen LogP contribution in [0.3, 0.4) is 0 Å². The van der Waals surface area contributed by atoms with Gasteiger partial charge < -0.3 is 4.52 Å². The van der Waals surface area contributed by atoms with Crippen LogP contribution in [0.4, 0.5) is 0 Å². The van der Waals surface area contributed by atoms with Gasteiger partial charge in [-0.25, -0.2) is 8.42 Å². The van der Waals surface area contributed by atoms with Gasteiger partial charge in [-0.2, -0.15) is 16.3 Å². The minimum atomic E-state index is -3.32. The van der Waals surface area contributed by atoms with E-state index in [9.17, 15) is 8.42 Å². The monoisotopic (exact) mass is 437 g/mol. The molecule has 1 saturated heterocycles. The highest BCUT2D eigenvalue weighted by Gasteiger charge is 2.26. The molecule has 1 aliphatic rings. The van der Waals surface area contributed by atoms with Crippen LogP contribution in [-0.2, 0) is 16.4 Å². The van der Waals surface area contributed by atoms with Gasteiger partial charge >= 0.3 is 0 Å². The van der Waals surface area contributed by atoms with E-state index in [2.05, 4.69) is 15.0 Å². The number of thiophene rings is 1. The van der Waals surface area contributed by atoms with Crippen molar-refractivity contribution in [1.82, 2.24) is 15.0 Å². The number of piperidine rings is 1. The second-order valence-corrected chi connectivity index (χ2v) is 10.2. The molecule has 3 aromatic rings. The Labute approximate surface area is 173 Å². The van der Waals surface area contributed by atoms with Crippen LogP contribution in [0, 0.1) is 0 Å². The molecule has 3 heterocycles. The third-order valence-corrected chi connectivity index (χ3v) is 7.08. The molecule has 148 valence electrons. The number of likely N-dealkylation sites (tertiary alicyclic amines) is 1. The summed E-state index contributed by atoms with van der Waals surface area (Å²) in [4.78, 5) is 7.12. The number of benzene rings is 1. The van der Waals surface area contributed by atoms with E-state index in [0.29, 0.717) is 28.2 Å². The van der Waals surface area contributed by atoms with E-state index in [1.54, 1.807) is 23.5 Å². The summed E-state index contributed by atoms with van der Waals surface area (Å²) in [7, 11) is -3.32. The molecule has 28 heavy (non-hydrogen) atoms. The van der Waals surface area contributed by atoms with E-state index in [1.165, 1.54) is 12.3 Å². The molecule has 0 unspecified atom stereocenters. The first-order chi connectivity index (χ1) is 13.4. The van der Waals surface area contributed by atoms with Gasteiger partial charge in [0, 0.05) is 34.7 Å². The first-order valence-corrected chi connectivity index (χ1v) is 12.2. The summed E-state index contributed by atoms with van der Waals surface area (Å²) in [5, 5.41) is 8.52. The van der Waals surface area contributed by atoms with Gasteiger partial charge in [-0.05, 0) is 55.1 Å². The maximum absolute atomic E-state index is 12.1. The van der Waals surface area contributed by atoms with Crippen LogP contribution in [0.5, 0.6) is 0 Å². The standard InChI is InChI=1S/C19H20ClN3O3S2/c1-28(24,25)17-10-16(20)3-2-14(17)11-23-7-4-13(5-8-23)19-21-18(22-26-19)15-6-9-27-12-15/h2-3,6,9-10,12-13H,4-5,7-8,11H2,1H3. The summed E-state index contributed by atoms with van der Waals surface area (Å²) in [6.07, 6.45) is 3.01. The number of hydrogen-bond acceptors (Lipinski definition) is 7. The van der Waals surface area contributed by atoms with E-state index >= 15 is 0 Å². The van der Waals surface area contributed by atoms with E-state index in [0.717, 1.165) is 37.1 Å². The fourth-order valence-electron chi connectivity index (χ4n) is 3.49. The molecule has 0 amide bonds. The molecule has 0 saturated carbocycles. The predicted octanol–water partition coefficient (Wildman–Crippen LogP) is 4.23. The molecule has 6 nitrogen and oxygen atoms in total. The molecule has 0 spiro atoms. The van der Waals surface area contributed by atoms with Crippen LogP contribution in [0.15, 0.2) is 44.4 Å². The molecule has 9 heteroatoms. The molecule has 0 atom stereocenters. The van der Waals surface area contributed by atoms with Gasteiger partial charge in [0.1, 0.15) is 0 Å². The Morgan fingerprint density at radius 3 is 2.75 bits per heavy atom. The van der Waals surface area contributed by atoms with Crippen LogP contribution in [0.25, 0.3) is 11.4 Å². The number of rotatable bonds is 5. The summed E-state index contributed by atoms with van der Waals surface area (Å²) in [6.45, 7) is 2.26. The lowest BCUT2D eigenvalue weighted by molar-refractivity contribution is 0.186. The maximum atomic E-state index is 12.1. The van der Waals surface area contributed by atoms with E-state index in [4.69, 9.17) is 16.1 Å². The third kappa shape index (κ3) is 4.30. The van der Waals surface area contributed by atoms with Gasteiger partial charge in [0.25, 0.3) is 0 Å². The Bertz CT molecular complexity index is 1060. The van der Waals surface area contributed by atoms with Crippen molar-refractivity contribution >= 4 is 32.8 Å². The van der Waals surface area contributed by atoms with Crippen molar-refractivity contribution in [3.8, 4) is 11.4 Å². The lowest BCUT2D eigenvalue weighted by Crippen LogP contribution is -2.33. The van der Waals surface area contributed by atoms with Crippen molar-refractivity contribution in [2.75, 3.05) is 19.3 Å². The zero-order chi connectivity index (χ0) is 19.7. The first kappa shape index (κ1) is 19.6. The summed E-state index contributed by atoms with van der Waals surface area (Å²) < 4.78 is 29.7. The Morgan fingerprint density at radius 1 is 1.29 bits per heavy atom. The fraction of sp³-hybridized carbons (Fsp3) is 0.368. The minimum absolute atomic E-state index is 0.232. The van der Waals surface area contributed by atoms with Crippen molar-refractivity contribution in [3.05, 3.63) is 51.5 Å². The number of sulfone groups is 1. The van der Waals surface area contributed by atoms with E-state index in [-0.39, 0.29) is 5.92 Å². The van der Waals surface area contributed by atoms with Gasteiger partial charge in [0.15, 0.2) is 9.84 Å². The molecule has 4 rings (SSSR count). The van der Waals surface area contributed by atoms with Crippen LogP contribution in [-0.4, -0.2) is 42.8 Å². The summed E-state index contributed by atoms with van der Waals surface area (Å²) in [5.74, 6) is 1.55. The molecule has 1 fully saturated rings. The molecule has 1 aliphatic heterocycles. The summed E-state index contributed by atoms with van der Waals surface area (Å²) in [5.41, 5.74) is 1.76. The molecule has 0 aliphatic carbocycles. The third-order valence-electron chi connectivity index (χ3n) is 4.98. The molecular formula is C19H20ClN3O3S2. The van der Waals surface area contributed by atoms with Gasteiger partial charge in [-0.1, -0.05) is 22.8 Å². The Kier molecular flexibility index (Phi) is 5.55. The fourth-order valence-corrected chi connectivity index (χ4v) is 5.31. The largest absolute Gasteiger partial charge is 0.339 e. The Balaban J connectivity index is 1.42. The minimum Gasteiger partial charge on any atom is -0.339 e. The summed E-state index contributed by atoms with van der Waals surface area (Å²) in [6, 6.07) is 7.05. The zero-order valence-electron chi connectivity index (χ0n) is 15.3. The average Bonchev–Trinajstić information content (AvgIpc) is 3.34. The number of nitrogens with zero attached hydrogens (tertiary/aromatic N) is 3. The van der Waals surface area contributed by atoms with Crippen molar-refractivity contribution in [2.45, 2.75) is 30.2 Å². The highest BCUT2D eigenvalue weighted by Crippen LogP contribution is 2.30. The molecular weight excluding hydrogens is 418 g/mol. The van der Waals surface area contributed by atoms with Crippen LogP contribution in [0.1, 0.15) is 30.2 Å². The van der Waals surface area contributed by atoms with E-state index < -0.39 is 9.84 Å². The van der Waals surface area contributed by atoms with Crippen molar-refractivity contribution in [2.24, 2.45) is 0 Å². The van der Waals surface area contributed by atoms with Crippen molar-refractivity contribution in [1.29, 1.82) is 0 Å². The van der Waals surface area contributed by atoms with Crippen molar-refractivity contribution < 1.29 is 12.9 Å². The van der Waals surface area contributed by atoms with Gasteiger partial charge in [-0.3, -0.25) is 4.90 Å². The van der Waals surface area contributed by atoms with Crippen LogP contribution < -0.4 is 0 Å². The SMILES string of the molecule is CS(=O)(=O)c1cc(Cl)ccc1CN1CCC(c2nc(-c3ccsc3)no2)CC1. The molecule has 0 bridgehead atoms. The van der Waals surface area contributed by atoms with Crippen LogP contribution >= 0.6 is 22.9 Å². The quantitative estimate of drug-likeness (QED) is 0.594. The van der Waals surface area contributed by atoms with Crippen LogP contribution in [0.2, 0.25) is 5.02 Å². The smallest absolute Gasteiger partial charge is 0.230 e. The lowest BCUT2D eigenvalue weighted by Gasteiger charge is -2.30. The maximum Gasteiger partial charge on any atom is 0.230 e. The normalized spacial score (nSPS) is 16.5. The van der Waals surface area contributed by atoms with E-state index in [1.807, 2.05) is 16.8 Å². The molecule has 1 aromatic carbocycles. The number of aromatic nitrogens is 2. The Morgan fingerprint density at radius 2 is 2.07 bits per heavy atom. The molecule has 0 N–H and O–H groups in total. The Hall–Kier alpha value is -1.74. The second-order valence-electron chi connectivity index (χ2n) is 7.04. The zero-order valence-corrected chi connectivity index (χ0v) is 17.7. The highest BCUT2D eigenvalue weighted by molar-refractivity contribution is 7.90. The number of halogens is 1. The average molecular weight is 438 g/mol. The topological polar surface area (TPSA) is 76.3 Å². The second kappa shape index (κ2) is 7.94.